The molecule has 11 unspecified atom stereocenters. The number of fused-ring (bicyclic) bond motifs is 11. The van der Waals surface area contributed by atoms with Crippen molar-refractivity contribution in [2.45, 2.75) is 206 Å². The first-order valence-electron chi connectivity index (χ1n) is 23.9. The van der Waals surface area contributed by atoms with Gasteiger partial charge in [-0.1, -0.05) is 109 Å². The topological polar surface area (TPSA) is 198 Å². The minimum atomic E-state index is -0.544. The molecule has 11 aliphatic rings. The van der Waals surface area contributed by atoms with E-state index in [1.165, 1.54) is 57.8 Å². The fraction of sp³-hybridized carbons (Fsp3) is 0.920. The second-order valence-electron chi connectivity index (χ2n) is 25.7. The highest BCUT2D eigenvalue weighted by Gasteiger charge is 2.75. The van der Waals surface area contributed by atoms with Crippen molar-refractivity contribution in [3.05, 3.63) is 10.1 Å². The lowest BCUT2D eigenvalue weighted by Gasteiger charge is -2.36. The van der Waals surface area contributed by atoms with Gasteiger partial charge in [-0.2, -0.15) is 5.48 Å². The van der Waals surface area contributed by atoms with Crippen LogP contribution in [0.2, 0.25) is 0 Å². The number of carbonyl (C=O) groups excluding carboxylic acids is 1. The number of hydrogen-bond donors (Lipinski definition) is 4. The second kappa shape index (κ2) is 14.6. The van der Waals surface area contributed by atoms with Crippen LogP contribution in [0.5, 0.6) is 0 Å². The molecule has 61 heavy (non-hydrogen) atoms. The maximum absolute atomic E-state index is 11.6. The predicted octanol–water partition coefficient (Wildman–Crippen LogP) is 12.6. The molecule has 0 radical (unpaired) electrons. The number of nitrogens with zero attached hydrogens (tertiary/aromatic N) is 3. The van der Waals surface area contributed by atoms with Crippen LogP contribution >= 0.6 is 0 Å². The average Bonchev–Trinajstić information content (AvgIpc) is 3.36. The quantitative estimate of drug-likeness (QED) is 0.0870. The maximum Gasteiger partial charge on any atom is 0.190 e. The van der Waals surface area contributed by atoms with E-state index in [0.29, 0.717) is 39.3 Å². The van der Waals surface area contributed by atoms with Gasteiger partial charge in [-0.3, -0.25) is 9.63 Å². The monoisotopic (exact) mass is 851 g/mol. The number of Topliss-reactive ketones (excluding diaryl/α,β-unsaturated/α-hetero) is 1. The van der Waals surface area contributed by atoms with E-state index in [9.17, 15) is 14.9 Å². The minimum Gasteiger partial charge on any atom is -0.411 e. The third-order valence-electron chi connectivity index (χ3n) is 23.6. The number of hydroxylamine groups is 1. The Kier molecular flexibility index (Phi) is 11.6. The van der Waals surface area contributed by atoms with E-state index >= 15 is 0 Å². The first-order valence-corrected chi connectivity index (χ1v) is 23.9. The molecule has 0 amide bonds. The Hall–Kier alpha value is -2.24. The Balaban J connectivity index is 0.000000127. The summed E-state index contributed by atoms with van der Waals surface area (Å²) >= 11 is 0. The van der Waals surface area contributed by atoms with Gasteiger partial charge >= 0.3 is 0 Å². The molecule has 11 heteroatoms. The van der Waals surface area contributed by atoms with Gasteiger partial charge in [-0.25, -0.2) is 10.1 Å². The molecular weight excluding hydrogens is 765 g/mol. The second-order valence-corrected chi connectivity index (χ2v) is 25.7. The summed E-state index contributed by atoms with van der Waals surface area (Å²) in [6.45, 7) is 34.3. The maximum atomic E-state index is 11.6. The van der Waals surface area contributed by atoms with E-state index in [0.717, 1.165) is 73.4 Å². The van der Waals surface area contributed by atoms with Gasteiger partial charge in [0.05, 0.1) is 16.5 Å². The molecule has 10 bridgehead atoms. The zero-order valence-corrected chi connectivity index (χ0v) is 41.1. The van der Waals surface area contributed by atoms with Gasteiger partial charge in [0.1, 0.15) is 5.78 Å². The van der Waals surface area contributed by atoms with Crippen molar-refractivity contribution in [3.63, 3.8) is 0 Å². The summed E-state index contributed by atoms with van der Waals surface area (Å²) in [6.07, 6.45) is 17.5. The number of rotatable bonds is 1. The molecule has 11 nitrogen and oxygen atoms in total. The third-order valence-corrected chi connectivity index (χ3v) is 23.6. The van der Waals surface area contributed by atoms with Crippen molar-refractivity contribution in [1.29, 1.82) is 5.41 Å². The van der Waals surface area contributed by atoms with Crippen molar-refractivity contribution < 1.29 is 19.9 Å². The van der Waals surface area contributed by atoms with E-state index in [4.69, 9.17) is 15.5 Å². The van der Waals surface area contributed by atoms with Crippen molar-refractivity contribution in [2.24, 2.45) is 94.0 Å². The minimum absolute atomic E-state index is 0. The lowest BCUT2D eigenvalue weighted by Crippen LogP contribution is -2.39. The number of hydrogen-bond acceptors (Lipinski definition) is 9. The number of carbonyl (C=O) groups is 1. The Morgan fingerprint density at radius 2 is 1.00 bits per heavy atom. The van der Waals surface area contributed by atoms with Gasteiger partial charge in [0, 0.05) is 39.2 Å². The van der Waals surface area contributed by atoms with Gasteiger partial charge in [-0.05, 0) is 147 Å². The van der Waals surface area contributed by atoms with Gasteiger partial charge in [0.25, 0.3) is 0 Å². The van der Waals surface area contributed by atoms with Crippen LogP contribution in [0.1, 0.15) is 200 Å². The summed E-state index contributed by atoms with van der Waals surface area (Å²) in [5.74, 6) is 4.20. The van der Waals surface area contributed by atoms with Crippen molar-refractivity contribution in [2.75, 3.05) is 0 Å². The van der Waals surface area contributed by atoms with Crippen LogP contribution in [0, 0.1) is 99.3 Å². The van der Waals surface area contributed by atoms with Crippen LogP contribution in [0.3, 0.4) is 0 Å². The first-order chi connectivity index (χ1) is 27.4. The molecule has 346 valence electrons. The van der Waals surface area contributed by atoms with Gasteiger partial charge in [0.2, 0.25) is 0 Å². The van der Waals surface area contributed by atoms with E-state index in [1.54, 1.807) is 0 Å². The van der Waals surface area contributed by atoms with E-state index < -0.39 is 5.03 Å². The molecule has 6 N–H and O–H groups in total. The highest BCUT2D eigenvalue weighted by molar-refractivity contribution is 5.94. The molecule has 11 fully saturated rings. The third kappa shape index (κ3) is 6.38. The Morgan fingerprint density at radius 1 is 0.607 bits per heavy atom. The summed E-state index contributed by atoms with van der Waals surface area (Å²) in [7, 11) is 0. The van der Waals surface area contributed by atoms with Gasteiger partial charge in [-0.15, -0.1) is 0 Å². The summed E-state index contributed by atoms with van der Waals surface area (Å²) in [5.41, 5.74) is 8.54. The SMILES string of the molecule is CC1(C)C2CCC1(C)C1(C2)NO1.CC12CCC(C/C1=N\O)C2(C)C.CC12CCC(C/C1=N\[N+](=O)[O-])C2(C)C.CC12CCC(CC1=N)C2(C)C.CC12CCC(CC1=O)C2(C)C.N. The average molecular weight is 851 g/mol. The summed E-state index contributed by atoms with van der Waals surface area (Å²) in [5, 5.41) is 33.6. The zero-order valence-electron chi connectivity index (χ0n) is 41.1. The lowest BCUT2D eigenvalue weighted by molar-refractivity contribution is -0.485. The number of hydrazone groups is 1. The van der Waals surface area contributed by atoms with E-state index in [2.05, 4.69) is 120 Å². The van der Waals surface area contributed by atoms with Gasteiger partial charge in [0.15, 0.2) is 10.8 Å². The fourth-order valence-corrected chi connectivity index (χ4v) is 15.7. The molecule has 10 saturated carbocycles. The highest BCUT2D eigenvalue weighted by atomic mass is 16.8. The molecular formula is C50H86N6O5. The van der Waals surface area contributed by atoms with Crippen LogP contribution < -0.4 is 11.6 Å². The predicted molar refractivity (Wildman–Crippen MR) is 245 cm³/mol. The van der Waals surface area contributed by atoms with Crippen LogP contribution in [0.15, 0.2) is 10.3 Å². The van der Waals surface area contributed by atoms with Crippen LogP contribution in [-0.2, 0) is 9.63 Å². The van der Waals surface area contributed by atoms with Crippen molar-refractivity contribution in [3.8, 4) is 0 Å². The Bertz CT molecular complexity index is 1810. The molecule has 0 aromatic carbocycles. The molecule has 1 aliphatic heterocycles. The fourth-order valence-electron chi connectivity index (χ4n) is 15.7. The Labute approximate surface area is 368 Å². The zero-order chi connectivity index (χ0) is 44.7. The first kappa shape index (κ1) is 48.2. The Morgan fingerprint density at radius 3 is 1.18 bits per heavy atom. The molecule has 0 aromatic rings. The number of ketones is 1. The molecule has 10 aliphatic carbocycles. The van der Waals surface area contributed by atoms with Crippen LogP contribution in [0.25, 0.3) is 0 Å². The smallest absolute Gasteiger partial charge is 0.190 e. The molecule has 11 rings (SSSR count). The van der Waals surface area contributed by atoms with Crippen LogP contribution in [-0.4, -0.2) is 38.9 Å². The van der Waals surface area contributed by atoms with Crippen molar-refractivity contribution in [1.82, 2.24) is 11.6 Å². The number of oxime groups is 1. The van der Waals surface area contributed by atoms with E-state index in [1.807, 2.05) is 0 Å². The normalized spacial score (nSPS) is 47.6. The summed E-state index contributed by atoms with van der Waals surface area (Å²) in [6, 6.07) is 0. The van der Waals surface area contributed by atoms with Crippen LogP contribution in [0.4, 0.5) is 0 Å². The standard InChI is InChI=1S/C10H16N2O2.2C10H17NO.C10H17N.C10H16O.H3N/c1-9(2)7-4-5-10(9,3)8(6-7)11-12(13)14;1-8(2)7-4-5-9(8,3)10(6-7)11-12-10;1-9(2)7-4-5-10(9,3)8(6-7)11-12;2*1-9(2)7-4-5-10(9,3)8(11)6-7;/h7H,4-6H2,1-3H3;7,11H,4-6H2,1-3H3;7,12H,4-6H2,1-3H3;7,11H,4-6H2,1-3H3;7H,4-6H2,1-3H3;1H3/b11-8+;;11-8+;;;. The van der Waals surface area contributed by atoms with E-state index in [-0.39, 0.29) is 44.4 Å². The van der Waals surface area contributed by atoms with Crippen molar-refractivity contribution >= 4 is 22.9 Å². The summed E-state index contributed by atoms with van der Waals surface area (Å²) in [4.78, 5) is 27.5. The molecule has 11 atom stereocenters. The largest absolute Gasteiger partial charge is 0.411 e. The number of nitro groups is 1. The highest BCUT2D eigenvalue weighted by Crippen LogP contribution is 2.73. The van der Waals surface area contributed by atoms with Gasteiger partial charge < -0.3 is 16.8 Å². The molecule has 1 saturated heterocycles. The summed E-state index contributed by atoms with van der Waals surface area (Å²) < 4.78 is 0. The lowest BCUT2D eigenvalue weighted by atomic mass is 9.68. The molecule has 0 aromatic heterocycles. The molecule has 1 spiro atoms. The molecule has 1 heterocycles. The number of nitrogens with one attached hydrogen (secondary N) is 2.